The molecule has 68 valence electrons. The Balaban J connectivity index is 2.70. The molecule has 0 saturated heterocycles. The van der Waals surface area contributed by atoms with E-state index in [1.165, 1.54) is 12.0 Å². The summed E-state index contributed by atoms with van der Waals surface area (Å²) < 4.78 is 0. The number of allylic oxidation sites excluding steroid dienone is 2. The molecule has 1 rings (SSSR count). The van der Waals surface area contributed by atoms with Crippen LogP contribution < -0.4 is 0 Å². The zero-order valence-corrected chi connectivity index (χ0v) is 8.31. The number of rotatable bonds is 1. The number of ketones is 1. The molecule has 0 radical (unpaired) electrons. The van der Waals surface area contributed by atoms with Gasteiger partial charge in [0.1, 0.15) is 5.78 Å². The van der Waals surface area contributed by atoms with Gasteiger partial charge in [0.15, 0.2) is 0 Å². The maximum absolute atomic E-state index is 11.2. The normalized spacial score (nSPS) is 30.1. The summed E-state index contributed by atoms with van der Waals surface area (Å²) in [5.74, 6) is 0.432. The van der Waals surface area contributed by atoms with Crippen LogP contribution in [0.1, 0.15) is 46.5 Å². The lowest BCUT2D eigenvalue weighted by Crippen LogP contribution is -2.23. The van der Waals surface area contributed by atoms with Gasteiger partial charge in [-0.15, -0.1) is 0 Å². The Hall–Kier alpha value is -0.590. The topological polar surface area (TPSA) is 17.1 Å². The molecular formula is C11H18O. The van der Waals surface area contributed by atoms with Crippen LogP contribution in [0.25, 0.3) is 0 Å². The Morgan fingerprint density at radius 3 is 2.67 bits per heavy atom. The van der Waals surface area contributed by atoms with Crippen molar-refractivity contribution in [3.05, 3.63) is 11.6 Å². The van der Waals surface area contributed by atoms with Crippen LogP contribution in [-0.2, 0) is 4.79 Å². The maximum Gasteiger partial charge on any atom is 0.133 e. The van der Waals surface area contributed by atoms with Crippen LogP contribution in [0.15, 0.2) is 11.6 Å². The summed E-state index contributed by atoms with van der Waals surface area (Å²) >= 11 is 0. The van der Waals surface area contributed by atoms with E-state index in [0.29, 0.717) is 5.78 Å². The molecule has 0 heterocycles. The molecule has 0 aromatic heterocycles. The predicted octanol–water partition coefficient (Wildman–Crippen LogP) is 3.10. The summed E-state index contributed by atoms with van der Waals surface area (Å²) in [4.78, 5) is 11.2. The molecule has 1 aliphatic rings. The molecule has 0 aromatic carbocycles. The number of Topliss-reactive ketones (excluding diaryl/α,β-unsaturated/α-hetero) is 1. The number of carbonyl (C=O) groups excluding carboxylic acids is 1. The van der Waals surface area contributed by atoms with Gasteiger partial charge in [0.2, 0.25) is 0 Å². The van der Waals surface area contributed by atoms with Crippen molar-refractivity contribution in [2.75, 3.05) is 0 Å². The molecule has 0 aliphatic heterocycles. The average molecular weight is 166 g/mol. The van der Waals surface area contributed by atoms with Crippen LogP contribution >= 0.6 is 0 Å². The van der Waals surface area contributed by atoms with Crippen molar-refractivity contribution in [3.8, 4) is 0 Å². The van der Waals surface area contributed by atoms with Crippen molar-refractivity contribution < 1.29 is 4.79 Å². The van der Waals surface area contributed by atoms with E-state index >= 15 is 0 Å². The van der Waals surface area contributed by atoms with E-state index in [1.54, 1.807) is 0 Å². The molecule has 0 aromatic rings. The summed E-state index contributed by atoms with van der Waals surface area (Å²) in [6, 6.07) is 0. The van der Waals surface area contributed by atoms with Gasteiger partial charge in [0.05, 0.1) is 0 Å². The highest BCUT2D eigenvalue weighted by Gasteiger charge is 2.28. The lowest BCUT2D eigenvalue weighted by molar-refractivity contribution is -0.122. The van der Waals surface area contributed by atoms with Crippen LogP contribution in [0.5, 0.6) is 0 Å². The average Bonchev–Trinajstić information content (AvgIpc) is 1.82. The number of carbonyl (C=O) groups is 1. The third kappa shape index (κ3) is 2.47. The van der Waals surface area contributed by atoms with Gasteiger partial charge < -0.3 is 0 Å². The monoisotopic (exact) mass is 166 g/mol. The van der Waals surface area contributed by atoms with Crippen molar-refractivity contribution in [1.82, 2.24) is 0 Å². The first kappa shape index (κ1) is 9.50. The molecule has 1 heteroatoms. The van der Waals surface area contributed by atoms with E-state index in [-0.39, 0.29) is 5.41 Å². The third-order valence-electron chi connectivity index (χ3n) is 2.44. The van der Waals surface area contributed by atoms with Crippen LogP contribution in [0, 0.1) is 5.41 Å². The molecule has 1 nitrogen and oxygen atoms in total. The lowest BCUT2D eigenvalue weighted by Gasteiger charge is -2.29. The van der Waals surface area contributed by atoms with Crippen LogP contribution in [0.2, 0.25) is 0 Å². The number of hydrogen-bond acceptors (Lipinski definition) is 1. The molecule has 1 saturated carbocycles. The Bertz CT molecular complexity index is 211. The third-order valence-corrected chi connectivity index (χ3v) is 2.44. The summed E-state index contributed by atoms with van der Waals surface area (Å²) in [5.41, 5.74) is 1.49. The largest absolute Gasteiger partial charge is 0.300 e. The first-order valence-corrected chi connectivity index (χ1v) is 4.70. The Morgan fingerprint density at radius 1 is 1.50 bits per heavy atom. The Kier molecular flexibility index (Phi) is 2.71. The van der Waals surface area contributed by atoms with Gasteiger partial charge in [0, 0.05) is 12.8 Å². The van der Waals surface area contributed by atoms with Gasteiger partial charge in [-0.3, -0.25) is 4.79 Å². The minimum Gasteiger partial charge on any atom is -0.300 e. The van der Waals surface area contributed by atoms with E-state index in [9.17, 15) is 4.79 Å². The van der Waals surface area contributed by atoms with Crippen molar-refractivity contribution >= 4 is 5.78 Å². The standard InChI is InChI=1S/C11H18O/c1-9(2)7-11(3)6-4-5-10(12)8-11/h7H,4-6,8H2,1-3H3/t11-/m1/s1. The second-order valence-corrected chi connectivity index (χ2v) is 4.44. The highest BCUT2D eigenvalue weighted by Crippen LogP contribution is 2.35. The quantitative estimate of drug-likeness (QED) is 0.547. The van der Waals surface area contributed by atoms with Crippen LogP contribution in [0.3, 0.4) is 0 Å². The Morgan fingerprint density at radius 2 is 2.17 bits per heavy atom. The molecule has 0 amide bonds. The molecule has 1 atom stereocenters. The highest BCUT2D eigenvalue weighted by atomic mass is 16.1. The summed E-state index contributed by atoms with van der Waals surface area (Å²) in [7, 11) is 0. The first-order chi connectivity index (χ1) is 5.52. The second-order valence-electron chi connectivity index (χ2n) is 4.44. The van der Waals surface area contributed by atoms with Gasteiger partial charge in [-0.2, -0.15) is 0 Å². The lowest BCUT2D eigenvalue weighted by atomic mass is 9.74. The summed E-state index contributed by atoms with van der Waals surface area (Å²) in [6.07, 6.45) is 6.04. The zero-order chi connectivity index (χ0) is 9.19. The SMILES string of the molecule is CC(C)=C[C@@]1(C)CCCC(=O)C1. The van der Waals surface area contributed by atoms with E-state index in [2.05, 4.69) is 26.8 Å². The van der Waals surface area contributed by atoms with E-state index < -0.39 is 0 Å². The van der Waals surface area contributed by atoms with E-state index in [1.807, 2.05) is 0 Å². The molecule has 0 unspecified atom stereocenters. The molecule has 12 heavy (non-hydrogen) atoms. The fraction of sp³-hybridized carbons (Fsp3) is 0.727. The zero-order valence-electron chi connectivity index (χ0n) is 8.31. The van der Waals surface area contributed by atoms with Crippen LogP contribution in [0.4, 0.5) is 0 Å². The van der Waals surface area contributed by atoms with Crippen molar-refractivity contribution in [1.29, 1.82) is 0 Å². The molecule has 0 N–H and O–H groups in total. The summed E-state index contributed by atoms with van der Waals surface area (Å²) in [6.45, 7) is 6.39. The molecule has 0 bridgehead atoms. The van der Waals surface area contributed by atoms with Crippen molar-refractivity contribution in [3.63, 3.8) is 0 Å². The van der Waals surface area contributed by atoms with Gasteiger partial charge in [-0.05, 0) is 32.1 Å². The van der Waals surface area contributed by atoms with E-state index in [0.717, 1.165) is 19.3 Å². The van der Waals surface area contributed by atoms with E-state index in [4.69, 9.17) is 0 Å². The minimum atomic E-state index is 0.161. The minimum absolute atomic E-state index is 0.161. The first-order valence-electron chi connectivity index (χ1n) is 4.70. The van der Waals surface area contributed by atoms with Gasteiger partial charge in [0.25, 0.3) is 0 Å². The molecular weight excluding hydrogens is 148 g/mol. The molecule has 0 spiro atoms. The molecule has 1 aliphatic carbocycles. The van der Waals surface area contributed by atoms with Gasteiger partial charge in [-0.1, -0.05) is 18.6 Å². The number of hydrogen-bond donors (Lipinski definition) is 0. The molecule has 1 fully saturated rings. The maximum atomic E-state index is 11.2. The summed E-state index contributed by atoms with van der Waals surface area (Å²) in [5, 5.41) is 0. The van der Waals surface area contributed by atoms with Crippen molar-refractivity contribution in [2.24, 2.45) is 5.41 Å². The second kappa shape index (κ2) is 3.42. The fourth-order valence-electron chi connectivity index (χ4n) is 2.14. The fourth-order valence-corrected chi connectivity index (χ4v) is 2.14. The highest BCUT2D eigenvalue weighted by molar-refractivity contribution is 5.80. The van der Waals surface area contributed by atoms with Gasteiger partial charge >= 0.3 is 0 Å². The Labute approximate surface area is 74.9 Å². The predicted molar refractivity (Wildman–Crippen MR) is 51.0 cm³/mol. The van der Waals surface area contributed by atoms with Crippen LogP contribution in [-0.4, -0.2) is 5.78 Å². The van der Waals surface area contributed by atoms with Crippen molar-refractivity contribution in [2.45, 2.75) is 46.5 Å². The smallest absolute Gasteiger partial charge is 0.133 e. The van der Waals surface area contributed by atoms with Gasteiger partial charge in [-0.25, -0.2) is 0 Å².